The van der Waals surface area contributed by atoms with Crippen LogP contribution in [0.25, 0.3) is 0 Å². The third-order valence-electron chi connectivity index (χ3n) is 1.74. The normalized spacial score (nSPS) is 14.7. The summed E-state index contributed by atoms with van der Waals surface area (Å²) in [7, 11) is -6.09. The molecule has 16 heteroatoms. The van der Waals surface area contributed by atoms with E-state index in [1.807, 2.05) is 0 Å². The summed E-state index contributed by atoms with van der Waals surface area (Å²) < 4.78 is 132. The lowest BCUT2D eigenvalue weighted by Gasteiger charge is -2.20. The lowest BCUT2D eigenvalue weighted by molar-refractivity contribution is -0.838. The summed E-state index contributed by atoms with van der Waals surface area (Å²) in [5.74, 6) is 0. The molecule has 0 saturated heterocycles. The molecule has 0 aliphatic rings. The lowest BCUT2D eigenvalue weighted by atomic mass is 10.3. The van der Waals surface area contributed by atoms with Crippen molar-refractivity contribution in [3.05, 3.63) is 19.0 Å². The first-order valence-corrected chi connectivity index (χ1v) is 6.19. The largest absolute Gasteiger partial charge is 0.741 e. The predicted molar refractivity (Wildman–Crippen MR) is 49.1 cm³/mol. The Bertz CT molecular complexity index is 601. The molecule has 0 aliphatic carbocycles. The van der Waals surface area contributed by atoms with Crippen LogP contribution in [0.2, 0.25) is 0 Å². The smallest absolute Gasteiger partial charge is 0.485 e. The van der Waals surface area contributed by atoms with Crippen LogP contribution < -0.4 is 4.57 Å². The first-order chi connectivity index (χ1) is 10.0. The Hall–Kier alpha value is -1.71. The SMILES string of the molecule is FC(C(F)(F)F)C(F)(F)[n+]1cncnc1.O=S(=O)([O-])C(F)(F)F. The molecule has 0 radical (unpaired) electrons. The maximum absolute atomic E-state index is 12.8. The second kappa shape index (κ2) is 6.81. The van der Waals surface area contributed by atoms with Crippen molar-refractivity contribution >= 4 is 10.1 Å². The molecule has 134 valence electrons. The van der Waals surface area contributed by atoms with E-state index >= 15 is 0 Å². The molecule has 1 aromatic rings. The Balaban J connectivity index is 0.000000515. The van der Waals surface area contributed by atoms with Crippen LogP contribution in [0.5, 0.6) is 0 Å². The van der Waals surface area contributed by atoms with Gasteiger partial charge in [-0.1, -0.05) is 9.97 Å². The van der Waals surface area contributed by atoms with E-state index in [0.29, 0.717) is 12.7 Å². The lowest BCUT2D eigenvalue weighted by Crippen LogP contribution is -2.59. The molecule has 23 heavy (non-hydrogen) atoms. The fourth-order valence-corrected chi connectivity index (χ4v) is 0.753. The van der Waals surface area contributed by atoms with Crippen LogP contribution >= 0.6 is 0 Å². The quantitative estimate of drug-likeness (QED) is 0.333. The molecule has 0 bridgehead atoms. The van der Waals surface area contributed by atoms with E-state index < -0.39 is 34.0 Å². The molecule has 0 aromatic carbocycles. The van der Waals surface area contributed by atoms with E-state index in [9.17, 15) is 39.5 Å². The fraction of sp³-hybridized carbons (Fsp3) is 0.571. The number of hydrogen-bond acceptors (Lipinski definition) is 5. The summed E-state index contributed by atoms with van der Waals surface area (Å²) in [6.07, 6.45) is -8.42. The van der Waals surface area contributed by atoms with Crippen molar-refractivity contribution in [3.63, 3.8) is 0 Å². The molecule has 0 fully saturated rings. The van der Waals surface area contributed by atoms with Crippen molar-refractivity contribution < 1.29 is 57.1 Å². The van der Waals surface area contributed by atoms with Crippen molar-refractivity contribution in [2.45, 2.75) is 23.9 Å². The monoisotopic (exact) mass is 381 g/mol. The molecule has 1 aromatic heterocycles. The van der Waals surface area contributed by atoms with Gasteiger partial charge in [-0.2, -0.15) is 39.7 Å². The van der Waals surface area contributed by atoms with Gasteiger partial charge in [0.1, 0.15) is 0 Å². The highest BCUT2D eigenvalue weighted by atomic mass is 32.2. The summed E-state index contributed by atoms with van der Waals surface area (Å²) in [5, 5.41) is 0. The topological polar surface area (TPSA) is 86.9 Å². The van der Waals surface area contributed by atoms with Crippen LogP contribution in [0.4, 0.5) is 39.5 Å². The van der Waals surface area contributed by atoms with Gasteiger partial charge in [-0.3, -0.25) is 0 Å². The highest BCUT2D eigenvalue weighted by Crippen LogP contribution is 2.34. The van der Waals surface area contributed by atoms with E-state index in [0.717, 1.165) is 6.33 Å². The van der Waals surface area contributed by atoms with Gasteiger partial charge in [-0.25, -0.2) is 12.8 Å². The Morgan fingerprint density at radius 1 is 0.957 bits per heavy atom. The van der Waals surface area contributed by atoms with E-state index in [-0.39, 0.29) is 4.57 Å². The molecule has 0 saturated carbocycles. The van der Waals surface area contributed by atoms with Crippen molar-refractivity contribution in [3.8, 4) is 0 Å². The number of aromatic nitrogens is 3. The Morgan fingerprint density at radius 3 is 1.57 bits per heavy atom. The molecular formula is C7H4F9N3O3S. The van der Waals surface area contributed by atoms with Crippen molar-refractivity contribution in [1.82, 2.24) is 9.97 Å². The average molecular weight is 381 g/mol. The van der Waals surface area contributed by atoms with Gasteiger partial charge < -0.3 is 4.55 Å². The number of hydrogen-bond donors (Lipinski definition) is 0. The van der Waals surface area contributed by atoms with Crippen LogP contribution in [0.3, 0.4) is 0 Å². The van der Waals surface area contributed by atoms with Crippen LogP contribution in [0.1, 0.15) is 0 Å². The van der Waals surface area contributed by atoms with Crippen molar-refractivity contribution in [2.24, 2.45) is 0 Å². The van der Waals surface area contributed by atoms with Crippen LogP contribution in [0.15, 0.2) is 19.0 Å². The first-order valence-electron chi connectivity index (χ1n) is 4.78. The Labute approximate surface area is 121 Å². The average Bonchev–Trinajstić information content (AvgIpc) is 2.36. The summed E-state index contributed by atoms with van der Waals surface area (Å²) >= 11 is 0. The van der Waals surface area contributed by atoms with E-state index in [4.69, 9.17) is 13.0 Å². The zero-order valence-corrected chi connectivity index (χ0v) is 11.0. The molecular weight excluding hydrogens is 377 g/mol. The maximum atomic E-state index is 12.8. The molecule has 1 atom stereocenters. The maximum Gasteiger partial charge on any atom is 0.485 e. The van der Waals surface area contributed by atoms with Gasteiger partial charge in [0.2, 0.25) is 12.7 Å². The number of alkyl halides is 9. The van der Waals surface area contributed by atoms with Gasteiger partial charge in [0, 0.05) is 0 Å². The van der Waals surface area contributed by atoms with Crippen LogP contribution in [-0.2, 0) is 16.2 Å². The Kier molecular flexibility index (Phi) is 6.31. The molecule has 1 heterocycles. The summed E-state index contributed by atoms with van der Waals surface area (Å²) in [6, 6.07) is -4.76. The number of rotatable bonds is 2. The number of nitrogens with zero attached hydrogens (tertiary/aromatic N) is 3. The highest BCUT2D eigenvalue weighted by Gasteiger charge is 2.60. The van der Waals surface area contributed by atoms with Gasteiger partial charge in [0.15, 0.2) is 10.1 Å². The molecule has 0 N–H and O–H groups in total. The zero-order valence-electron chi connectivity index (χ0n) is 10.2. The standard InChI is InChI=1S/C6H4F6N3.CHF3O3S/c7-4(5(8,9)10)6(11,12)15-2-13-1-14-3-15;2-1(3,4)8(5,6)7/h1-4H;(H,5,6,7)/q+1;/p-1. The first kappa shape index (κ1) is 21.3. The second-order valence-corrected chi connectivity index (χ2v) is 4.81. The van der Waals surface area contributed by atoms with Gasteiger partial charge in [0.25, 0.3) is 12.5 Å². The van der Waals surface area contributed by atoms with Gasteiger partial charge in [-0.15, -0.1) is 0 Å². The molecule has 1 rings (SSSR count). The molecule has 0 aliphatic heterocycles. The number of halogens is 9. The molecule has 1 unspecified atom stereocenters. The van der Waals surface area contributed by atoms with E-state index in [1.54, 1.807) is 0 Å². The second-order valence-electron chi connectivity index (χ2n) is 3.44. The minimum absolute atomic E-state index is 0.342. The summed E-state index contributed by atoms with van der Waals surface area (Å²) in [4.78, 5) is 6.11. The van der Waals surface area contributed by atoms with Gasteiger partial charge >= 0.3 is 17.7 Å². The molecule has 6 nitrogen and oxygen atoms in total. The predicted octanol–water partition coefficient (Wildman–Crippen LogP) is 1.27. The summed E-state index contributed by atoms with van der Waals surface area (Å²) in [5.41, 5.74) is -5.65. The third-order valence-corrected chi connectivity index (χ3v) is 2.30. The minimum Gasteiger partial charge on any atom is -0.741 e. The molecule has 0 amide bonds. The zero-order chi connectivity index (χ0) is 18.7. The summed E-state index contributed by atoms with van der Waals surface area (Å²) in [6.45, 7) is 0. The highest BCUT2D eigenvalue weighted by molar-refractivity contribution is 7.86. The van der Waals surface area contributed by atoms with E-state index in [2.05, 4.69) is 9.97 Å². The van der Waals surface area contributed by atoms with Crippen molar-refractivity contribution in [1.29, 1.82) is 0 Å². The van der Waals surface area contributed by atoms with Crippen LogP contribution in [0, 0.1) is 0 Å². The van der Waals surface area contributed by atoms with Gasteiger partial charge in [-0.05, 0) is 0 Å². The van der Waals surface area contributed by atoms with Crippen LogP contribution in [-0.4, -0.2) is 40.8 Å². The van der Waals surface area contributed by atoms with E-state index in [1.165, 1.54) is 0 Å². The minimum atomic E-state index is -6.09. The fourth-order valence-electron chi connectivity index (χ4n) is 0.753. The van der Waals surface area contributed by atoms with Crippen molar-refractivity contribution in [2.75, 3.05) is 0 Å². The van der Waals surface area contributed by atoms with Gasteiger partial charge in [0.05, 0.1) is 0 Å². The Morgan fingerprint density at radius 2 is 1.30 bits per heavy atom. The molecule has 0 spiro atoms. The third kappa shape index (κ3) is 6.12.